The quantitative estimate of drug-likeness (QED) is 0.601. The first-order valence-corrected chi connectivity index (χ1v) is 13.1. The Morgan fingerprint density at radius 3 is 2.47 bits per heavy atom. The molecule has 0 atom stereocenters. The second-order valence-electron chi connectivity index (χ2n) is 8.64. The number of halogens is 1. The Morgan fingerprint density at radius 2 is 1.81 bits per heavy atom. The van der Waals surface area contributed by atoms with Crippen LogP contribution in [0, 0.1) is 12.8 Å². The number of hydrogen-bond acceptors (Lipinski definition) is 4. The molecule has 2 aliphatic heterocycles. The van der Waals surface area contributed by atoms with E-state index in [4.69, 9.17) is 0 Å². The second-order valence-corrected chi connectivity index (χ2v) is 11.4. The third-order valence-electron chi connectivity index (χ3n) is 6.40. The molecule has 2 aromatic carbocycles. The van der Waals surface area contributed by atoms with Gasteiger partial charge >= 0.3 is 0 Å². The first-order valence-electron chi connectivity index (χ1n) is 10.9. The molecule has 0 spiro atoms. The molecule has 0 saturated carbocycles. The van der Waals surface area contributed by atoms with Crippen molar-refractivity contribution >= 4 is 43.3 Å². The summed E-state index contributed by atoms with van der Waals surface area (Å²) in [5.74, 6) is -0.0514. The molecule has 2 aromatic rings. The number of carbonyl (C=O) groups excluding carboxylic acids is 2. The number of ketones is 1. The Morgan fingerprint density at radius 1 is 1.09 bits per heavy atom. The summed E-state index contributed by atoms with van der Waals surface area (Å²) in [7, 11) is -3.74. The Labute approximate surface area is 197 Å². The Balaban J connectivity index is 1.47. The van der Waals surface area contributed by atoms with Crippen LogP contribution in [-0.4, -0.2) is 44.0 Å². The fraction of sp³-hybridized carbons (Fsp3) is 0.417. The average molecular weight is 519 g/mol. The van der Waals surface area contributed by atoms with E-state index in [1.165, 1.54) is 11.2 Å². The smallest absolute Gasteiger partial charge is 0.244 e. The van der Waals surface area contributed by atoms with Crippen molar-refractivity contribution in [3.8, 4) is 0 Å². The van der Waals surface area contributed by atoms with E-state index in [-0.39, 0.29) is 22.5 Å². The summed E-state index contributed by atoms with van der Waals surface area (Å²) in [4.78, 5) is 26.5. The van der Waals surface area contributed by atoms with Crippen LogP contribution in [0.1, 0.15) is 36.5 Å². The molecule has 8 heteroatoms. The van der Waals surface area contributed by atoms with Crippen molar-refractivity contribution in [2.75, 3.05) is 24.5 Å². The topological polar surface area (TPSA) is 74.8 Å². The van der Waals surface area contributed by atoms with E-state index in [1.54, 1.807) is 11.0 Å². The molecule has 170 valence electrons. The van der Waals surface area contributed by atoms with Gasteiger partial charge in [-0.3, -0.25) is 9.59 Å². The molecule has 6 nitrogen and oxygen atoms in total. The van der Waals surface area contributed by atoms with Gasteiger partial charge in [-0.2, -0.15) is 4.31 Å². The van der Waals surface area contributed by atoms with Gasteiger partial charge in [0.2, 0.25) is 15.9 Å². The average Bonchev–Trinajstić information content (AvgIpc) is 3.16. The van der Waals surface area contributed by atoms with Crippen LogP contribution >= 0.6 is 15.9 Å². The predicted octanol–water partition coefficient (Wildman–Crippen LogP) is 3.88. The lowest BCUT2D eigenvalue weighted by Crippen LogP contribution is -2.40. The summed E-state index contributed by atoms with van der Waals surface area (Å²) in [6, 6.07) is 11.4. The largest absolute Gasteiger partial charge is 0.312 e. The molecule has 1 amide bonds. The first kappa shape index (κ1) is 23.1. The molecule has 32 heavy (non-hydrogen) atoms. The van der Waals surface area contributed by atoms with Crippen molar-refractivity contribution in [2.45, 2.75) is 44.4 Å². The van der Waals surface area contributed by atoms with Crippen LogP contribution in [0.15, 0.2) is 45.8 Å². The molecule has 0 aliphatic carbocycles. The Kier molecular flexibility index (Phi) is 6.56. The van der Waals surface area contributed by atoms with Crippen molar-refractivity contribution in [1.29, 1.82) is 0 Å². The number of piperidine rings is 1. The predicted molar refractivity (Wildman–Crippen MR) is 127 cm³/mol. The number of amides is 1. The molecule has 0 N–H and O–H groups in total. The van der Waals surface area contributed by atoms with Crippen LogP contribution in [0.25, 0.3) is 0 Å². The summed E-state index contributed by atoms with van der Waals surface area (Å²) < 4.78 is 28.8. The maximum Gasteiger partial charge on any atom is 0.244 e. The lowest BCUT2D eigenvalue weighted by Gasteiger charge is -2.31. The highest BCUT2D eigenvalue weighted by Crippen LogP contribution is 2.37. The Bertz CT molecular complexity index is 1170. The van der Waals surface area contributed by atoms with Crippen molar-refractivity contribution in [3.05, 3.63) is 57.6 Å². The molecule has 0 bridgehead atoms. The first-order chi connectivity index (χ1) is 15.2. The van der Waals surface area contributed by atoms with Gasteiger partial charge in [0.05, 0.1) is 4.90 Å². The summed E-state index contributed by atoms with van der Waals surface area (Å²) in [6.45, 7) is 4.68. The molecule has 0 aromatic heterocycles. The summed E-state index contributed by atoms with van der Waals surface area (Å²) in [6.07, 6.45) is 2.14. The molecule has 4 rings (SSSR count). The second kappa shape index (κ2) is 9.08. The van der Waals surface area contributed by atoms with Crippen LogP contribution in [0.2, 0.25) is 0 Å². The van der Waals surface area contributed by atoms with Crippen molar-refractivity contribution < 1.29 is 18.0 Å². The maximum absolute atomic E-state index is 13.4. The Hall–Kier alpha value is -2.03. The SMILES string of the molecule is CC(=O)N1CCc2cc(Br)c(S(=O)(=O)N3CCC(C(=O)Cc4cccc(C)c4)CC3)cc21. The summed E-state index contributed by atoms with van der Waals surface area (Å²) >= 11 is 3.42. The zero-order valence-corrected chi connectivity index (χ0v) is 20.7. The van der Waals surface area contributed by atoms with Crippen LogP contribution in [0.4, 0.5) is 5.69 Å². The number of fused-ring (bicyclic) bond motifs is 1. The number of Topliss-reactive ketones (excluding diaryl/α,β-unsaturated/α-hetero) is 1. The standard InChI is InChI=1S/C24H27BrN2O4S/c1-16-4-3-5-18(12-16)13-23(29)19-6-9-26(10-7-19)32(30,31)24-15-22-20(14-21(24)25)8-11-27(22)17(2)28/h3-5,12,14-15,19H,6-11,13H2,1-2H3. The molecular formula is C24H27BrN2O4S. The zero-order valence-electron chi connectivity index (χ0n) is 18.3. The number of nitrogens with zero attached hydrogens (tertiary/aromatic N) is 2. The van der Waals surface area contributed by atoms with E-state index in [9.17, 15) is 18.0 Å². The van der Waals surface area contributed by atoms with Gasteiger partial charge in [0, 0.05) is 49.1 Å². The highest BCUT2D eigenvalue weighted by molar-refractivity contribution is 9.10. The molecule has 2 aliphatic rings. The van der Waals surface area contributed by atoms with Crippen LogP contribution in [0.3, 0.4) is 0 Å². The number of sulfonamides is 1. The minimum Gasteiger partial charge on any atom is -0.312 e. The van der Waals surface area contributed by atoms with Gasteiger partial charge < -0.3 is 4.90 Å². The third kappa shape index (κ3) is 4.54. The highest BCUT2D eigenvalue weighted by Gasteiger charge is 2.34. The third-order valence-corrected chi connectivity index (χ3v) is 9.25. The number of anilines is 1. The fourth-order valence-corrected chi connectivity index (χ4v) is 7.18. The minimum absolute atomic E-state index is 0.0950. The van der Waals surface area contributed by atoms with E-state index in [1.807, 2.05) is 37.3 Å². The lowest BCUT2D eigenvalue weighted by molar-refractivity contribution is -0.123. The number of benzene rings is 2. The van der Waals surface area contributed by atoms with Gasteiger partial charge in [-0.1, -0.05) is 29.8 Å². The minimum atomic E-state index is -3.74. The fourth-order valence-electron chi connectivity index (χ4n) is 4.64. The van der Waals surface area contributed by atoms with Crippen molar-refractivity contribution in [2.24, 2.45) is 5.92 Å². The normalized spacial score (nSPS) is 17.4. The van der Waals surface area contributed by atoms with E-state index < -0.39 is 10.0 Å². The highest BCUT2D eigenvalue weighted by atomic mass is 79.9. The molecule has 0 radical (unpaired) electrons. The van der Waals surface area contributed by atoms with E-state index in [0.717, 1.165) is 16.7 Å². The van der Waals surface area contributed by atoms with Gasteiger partial charge in [-0.05, 0) is 65.4 Å². The maximum atomic E-state index is 13.4. The van der Waals surface area contributed by atoms with E-state index in [2.05, 4.69) is 15.9 Å². The number of aryl methyl sites for hydroxylation is 1. The number of hydrogen-bond donors (Lipinski definition) is 0. The molecule has 1 saturated heterocycles. The van der Waals surface area contributed by atoms with Crippen LogP contribution in [-0.2, 0) is 32.5 Å². The van der Waals surface area contributed by atoms with Gasteiger partial charge in [-0.25, -0.2) is 8.42 Å². The van der Waals surface area contributed by atoms with E-state index in [0.29, 0.717) is 55.5 Å². The monoisotopic (exact) mass is 518 g/mol. The summed E-state index contributed by atoms with van der Waals surface area (Å²) in [5.41, 5.74) is 3.76. The molecule has 0 unspecified atom stereocenters. The van der Waals surface area contributed by atoms with Gasteiger partial charge in [0.25, 0.3) is 0 Å². The van der Waals surface area contributed by atoms with Crippen molar-refractivity contribution in [3.63, 3.8) is 0 Å². The van der Waals surface area contributed by atoms with Gasteiger partial charge in [0.1, 0.15) is 5.78 Å². The van der Waals surface area contributed by atoms with Gasteiger partial charge in [-0.15, -0.1) is 0 Å². The van der Waals surface area contributed by atoms with Crippen LogP contribution < -0.4 is 4.90 Å². The van der Waals surface area contributed by atoms with E-state index >= 15 is 0 Å². The number of carbonyl (C=O) groups is 2. The zero-order chi connectivity index (χ0) is 23.0. The van der Waals surface area contributed by atoms with Crippen LogP contribution in [0.5, 0.6) is 0 Å². The molecule has 2 heterocycles. The van der Waals surface area contributed by atoms with Crippen molar-refractivity contribution in [1.82, 2.24) is 4.31 Å². The molecule has 1 fully saturated rings. The number of rotatable bonds is 5. The summed E-state index contributed by atoms with van der Waals surface area (Å²) in [5, 5.41) is 0. The lowest BCUT2D eigenvalue weighted by atomic mass is 9.90. The molecular weight excluding hydrogens is 492 g/mol. The van der Waals surface area contributed by atoms with Gasteiger partial charge in [0.15, 0.2) is 0 Å².